The summed E-state index contributed by atoms with van der Waals surface area (Å²) < 4.78 is 54.2. The van der Waals surface area contributed by atoms with E-state index in [0.29, 0.717) is 36.1 Å². The van der Waals surface area contributed by atoms with Crippen molar-refractivity contribution in [2.75, 3.05) is 17.7 Å². The maximum absolute atomic E-state index is 13.2. The molecule has 2 heterocycles. The molecule has 3 aromatic rings. The van der Waals surface area contributed by atoms with Crippen LogP contribution in [0.5, 0.6) is 0 Å². The van der Waals surface area contributed by atoms with Crippen LogP contribution in [0.15, 0.2) is 47.8 Å². The Labute approximate surface area is 188 Å². The Kier molecular flexibility index (Phi) is 5.99. The van der Waals surface area contributed by atoms with Gasteiger partial charge in [-0.3, -0.25) is 0 Å². The summed E-state index contributed by atoms with van der Waals surface area (Å²) in [5, 5.41) is 0.626. The number of anilines is 1. The van der Waals surface area contributed by atoms with Crippen molar-refractivity contribution >= 4 is 36.9 Å². The highest BCUT2D eigenvalue weighted by atomic mass is 32.2. The molecule has 2 aromatic heterocycles. The fourth-order valence-corrected chi connectivity index (χ4v) is 6.63. The fraction of sp³-hybridized carbons (Fsp3) is 0.429. The van der Waals surface area contributed by atoms with E-state index in [9.17, 15) is 16.8 Å². The first-order valence-electron chi connectivity index (χ1n) is 10.5. The Morgan fingerprint density at radius 1 is 1.09 bits per heavy atom. The molecule has 11 heteroatoms. The smallest absolute Gasteiger partial charge is 0.269 e. The van der Waals surface area contributed by atoms with E-state index < -0.39 is 20.0 Å². The Hall–Kier alpha value is -2.50. The lowest BCUT2D eigenvalue weighted by atomic mass is 9.86. The van der Waals surface area contributed by atoms with Crippen LogP contribution in [-0.2, 0) is 20.0 Å². The fourth-order valence-electron chi connectivity index (χ4n) is 3.97. The lowest BCUT2D eigenvalue weighted by Gasteiger charge is -2.41. The minimum absolute atomic E-state index is 0.0946. The average Bonchev–Trinajstić information content (AvgIpc) is 3.15. The summed E-state index contributed by atoms with van der Waals surface area (Å²) in [7, 11) is -5.16. The maximum Gasteiger partial charge on any atom is 0.269 e. The molecule has 1 saturated carbocycles. The van der Waals surface area contributed by atoms with E-state index in [0.717, 1.165) is 5.56 Å². The molecule has 0 atom stereocenters. The van der Waals surface area contributed by atoms with Crippen LogP contribution >= 0.6 is 0 Å². The number of nitrogens with one attached hydrogen (secondary N) is 1. The van der Waals surface area contributed by atoms with Gasteiger partial charge in [-0.05, 0) is 44.4 Å². The molecular formula is C21H27N5O4S2. The molecule has 0 unspecified atom stereocenters. The van der Waals surface area contributed by atoms with Gasteiger partial charge >= 0.3 is 0 Å². The topological polar surface area (TPSA) is 114 Å². The number of fused-ring (bicyclic) bond motifs is 1. The average molecular weight is 478 g/mol. The van der Waals surface area contributed by atoms with Crippen molar-refractivity contribution in [2.24, 2.45) is 0 Å². The largest absolute Gasteiger partial charge is 0.356 e. The van der Waals surface area contributed by atoms with E-state index in [4.69, 9.17) is 0 Å². The highest BCUT2D eigenvalue weighted by Crippen LogP contribution is 2.33. The number of hydrogen-bond donors (Lipinski definition) is 1. The minimum Gasteiger partial charge on any atom is -0.356 e. The van der Waals surface area contributed by atoms with Crippen molar-refractivity contribution in [1.82, 2.24) is 18.7 Å². The van der Waals surface area contributed by atoms with Crippen LogP contribution in [0.25, 0.3) is 11.0 Å². The number of hydrogen-bond acceptors (Lipinski definition) is 7. The monoisotopic (exact) mass is 477 g/mol. The summed E-state index contributed by atoms with van der Waals surface area (Å²) in [6.45, 7) is 3.73. The number of benzene rings is 1. The van der Waals surface area contributed by atoms with Crippen molar-refractivity contribution in [3.05, 3.63) is 48.4 Å². The summed E-state index contributed by atoms with van der Waals surface area (Å²) in [4.78, 5) is 10.8. The van der Waals surface area contributed by atoms with Gasteiger partial charge in [0.15, 0.2) is 5.65 Å². The molecular weight excluding hydrogens is 450 g/mol. The van der Waals surface area contributed by atoms with Crippen LogP contribution in [0.1, 0.15) is 31.7 Å². The first-order valence-corrected chi connectivity index (χ1v) is 13.6. The van der Waals surface area contributed by atoms with Gasteiger partial charge in [0.1, 0.15) is 12.1 Å². The van der Waals surface area contributed by atoms with Gasteiger partial charge in [0.25, 0.3) is 10.0 Å². The molecule has 0 bridgehead atoms. The molecule has 1 N–H and O–H groups in total. The quantitative estimate of drug-likeness (QED) is 0.529. The van der Waals surface area contributed by atoms with Crippen LogP contribution in [0.2, 0.25) is 0 Å². The summed E-state index contributed by atoms with van der Waals surface area (Å²) in [5.74, 6) is 0.743. The van der Waals surface area contributed by atoms with Gasteiger partial charge in [-0.2, -0.15) is 0 Å². The molecule has 1 aliphatic carbocycles. The van der Waals surface area contributed by atoms with Gasteiger partial charge in [-0.1, -0.05) is 24.6 Å². The summed E-state index contributed by atoms with van der Waals surface area (Å²) >= 11 is 0. The number of aryl methyl sites for hydroxylation is 1. The SMILES string of the molecule is CCCS(=O)(=O)NC1CC(N(C)c2ncnc3c2ccn3S(=O)(=O)c2ccc(C)cc2)C1. The predicted molar refractivity (Wildman–Crippen MR) is 124 cm³/mol. The zero-order valence-electron chi connectivity index (χ0n) is 18.3. The van der Waals surface area contributed by atoms with Crippen molar-refractivity contribution in [1.29, 1.82) is 0 Å². The molecule has 0 aliphatic heterocycles. The third-order valence-electron chi connectivity index (χ3n) is 5.82. The van der Waals surface area contributed by atoms with E-state index in [-0.39, 0.29) is 22.7 Å². The number of nitrogens with zero attached hydrogens (tertiary/aromatic N) is 4. The standard InChI is InChI=1S/C21H27N5O4S2/c1-4-11-31(27,28)24-16-12-17(13-16)25(3)20-19-9-10-26(21(19)23-14-22-20)32(29,30)18-7-5-15(2)6-8-18/h5-10,14,16-17,24H,4,11-13H2,1-3H3. The van der Waals surface area contributed by atoms with Gasteiger partial charge in [-0.15, -0.1) is 0 Å². The van der Waals surface area contributed by atoms with Crippen molar-refractivity contribution in [2.45, 2.75) is 50.1 Å². The molecule has 1 fully saturated rings. The summed E-state index contributed by atoms with van der Waals surface area (Å²) in [6, 6.07) is 8.38. The first-order chi connectivity index (χ1) is 15.1. The molecule has 1 aromatic carbocycles. The minimum atomic E-state index is -3.80. The molecule has 0 radical (unpaired) electrons. The van der Waals surface area contributed by atoms with E-state index in [1.807, 2.05) is 25.8 Å². The Balaban J connectivity index is 1.57. The Morgan fingerprint density at radius 3 is 2.44 bits per heavy atom. The number of sulfonamides is 1. The molecule has 4 rings (SSSR count). The van der Waals surface area contributed by atoms with Gasteiger partial charge in [0, 0.05) is 25.3 Å². The Morgan fingerprint density at radius 2 is 1.78 bits per heavy atom. The second-order valence-electron chi connectivity index (χ2n) is 8.23. The third kappa shape index (κ3) is 4.24. The van der Waals surface area contributed by atoms with Crippen LogP contribution in [-0.4, -0.2) is 55.7 Å². The lowest BCUT2D eigenvalue weighted by molar-refractivity contribution is 0.316. The first kappa shape index (κ1) is 22.7. The van der Waals surface area contributed by atoms with Gasteiger partial charge < -0.3 is 4.90 Å². The maximum atomic E-state index is 13.2. The summed E-state index contributed by atoms with van der Waals surface area (Å²) in [5.41, 5.74) is 1.28. The second kappa shape index (κ2) is 8.45. The third-order valence-corrected chi connectivity index (χ3v) is 9.14. The van der Waals surface area contributed by atoms with Crippen molar-refractivity contribution < 1.29 is 16.8 Å². The van der Waals surface area contributed by atoms with Gasteiger partial charge in [-0.25, -0.2) is 35.5 Å². The van der Waals surface area contributed by atoms with E-state index in [2.05, 4.69) is 14.7 Å². The van der Waals surface area contributed by atoms with Crippen molar-refractivity contribution in [3.8, 4) is 0 Å². The van der Waals surface area contributed by atoms with Gasteiger partial charge in [0.2, 0.25) is 10.0 Å². The number of rotatable bonds is 8. The zero-order chi connectivity index (χ0) is 23.1. The van der Waals surface area contributed by atoms with E-state index in [1.165, 1.54) is 16.5 Å². The molecule has 1 aliphatic rings. The summed E-state index contributed by atoms with van der Waals surface area (Å²) in [6.07, 6.45) is 4.75. The predicted octanol–water partition coefficient (Wildman–Crippen LogP) is 2.27. The Bertz CT molecular complexity index is 1330. The van der Waals surface area contributed by atoms with E-state index >= 15 is 0 Å². The van der Waals surface area contributed by atoms with Crippen molar-refractivity contribution in [3.63, 3.8) is 0 Å². The van der Waals surface area contributed by atoms with Crippen LogP contribution in [0.4, 0.5) is 5.82 Å². The zero-order valence-corrected chi connectivity index (χ0v) is 19.9. The van der Waals surface area contributed by atoms with Crippen LogP contribution in [0.3, 0.4) is 0 Å². The lowest BCUT2D eigenvalue weighted by Crippen LogP contribution is -2.53. The van der Waals surface area contributed by atoms with Crippen LogP contribution in [0, 0.1) is 6.92 Å². The number of aromatic nitrogens is 3. The molecule has 172 valence electrons. The molecule has 0 saturated heterocycles. The van der Waals surface area contributed by atoms with Gasteiger partial charge in [0.05, 0.1) is 16.0 Å². The van der Waals surface area contributed by atoms with E-state index in [1.54, 1.807) is 30.3 Å². The second-order valence-corrected chi connectivity index (χ2v) is 11.9. The normalized spacial score (nSPS) is 19.1. The molecule has 32 heavy (non-hydrogen) atoms. The highest BCUT2D eigenvalue weighted by Gasteiger charge is 2.35. The highest BCUT2D eigenvalue weighted by molar-refractivity contribution is 7.90. The van der Waals surface area contributed by atoms with Crippen LogP contribution < -0.4 is 9.62 Å². The molecule has 0 spiro atoms. The molecule has 0 amide bonds. The molecule has 9 nitrogen and oxygen atoms in total.